The van der Waals surface area contributed by atoms with Crippen molar-refractivity contribution in [2.24, 2.45) is 0 Å². The van der Waals surface area contributed by atoms with E-state index in [1.165, 1.54) is 19.3 Å². The zero-order valence-electron chi connectivity index (χ0n) is 6.52. The third-order valence-corrected chi connectivity index (χ3v) is 1.90. The Balaban J connectivity index is 2.19. The van der Waals surface area contributed by atoms with Gasteiger partial charge in [0.05, 0.1) is 0 Å². The van der Waals surface area contributed by atoms with E-state index in [-0.39, 0.29) is 0 Å². The van der Waals surface area contributed by atoms with Gasteiger partial charge in [0.15, 0.2) is 5.90 Å². The molecule has 0 aliphatic heterocycles. The summed E-state index contributed by atoms with van der Waals surface area (Å²) in [6.07, 6.45) is 6.55. The van der Waals surface area contributed by atoms with Crippen LogP contribution >= 0.6 is 0 Å². The summed E-state index contributed by atoms with van der Waals surface area (Å²) in [5.74, 6) is 0.368. The fourth-order valence-electron chi connectivity index (χ4n) is 1.43. The molecule has 1 aliphatic carbocycles. The Morgan fingerprint density at radius 1 is 1.30 bits per heavy atom. The molecule has 2 nitrogen and oxygen atoms in total. The van der Waals surface area contributed by atoms with Gasteiger partial charge in [0, 0.05) is 6.92 Å². The van der Waals surface area contributed by atoms with E-state index in [1.54, 1.807) is 6.92 Å². The summed E-state index contributed by atoms with van der Waals surface area (Å²) in [5.41, 5.74) is 0. The maximum atomic E-state index is 7.11. The first-order valence-corrected chi connectivity index (χ1v) is 4.01. The molecule has 0 aromatic rings. The molecule has 0 heterocycles. The Bertz CT molecular complexity index is 116. The number of nitrogens with one attached hydrogen (secondary N) is 1. The average molecular weight is 141 g/mol. The topological polar surface area (TPSA) is 33.1 Å². The fraction of sp³-hybridized carbons (Fsp3) is 0.875. The summed E-state index contributed by atoms with van der Waals surface area (Å²) < 4.78 is 5.27. The quantitative estimate of drug-likeness (QED) is 0.441. The molecule has 2 heteroatoms. The minimum absolute atomic E-state index is 0.353. The SMILES string of the molecule is CC(=N)OC1CCCCC1. The predicted octanol–water partition coefficient (Wildman–Crippen LogP) is 2.33. The normalized spacial score (nSPS) is 20.5. The molecular formula is C8H15NO. The summed E-state index contributed by atoms with van der Waals surface area (Å²) in [7, 11) is 0. The molecule has 0 atom stereocenters. The molecule has 10 heavy (non-hydrogen) atoms. The predicted molar refractivity (Wildman–Crippen MR) is 41.4 cm³/mol. The van der Waals surface area contributed by atoms with E-state index in [0.29, 0.717) is 12.0 Å². The lowest BCUT2D eigenvalue weighted by molar-refractivity contribution is 0.140. The van der Waals surface area contributed by atoms with Crippen LogP contribution in [0.1, 0.15) is 39.0 Å². The van der Waals surface area contributed by atoms with Crippen molar-refractivity contribution in [3.63, 3.8) is 0 Å². The van der Waals surface area contributed by atoms with Gasteiger partial charge in [0.25, 0.3) is 0 Å². The maximum Gasteiger partial charge on any atom is 0.177 e. The standard InChI is InChI=1S/C8H15NO/c1-7(9)10-8-5-3-2-4-6-8/h8-9H,2-6H2,1H3. The molecule has 1 rings (SSSR count). The van der Waals surface area contributed by atoms with E-state index >= 15 is 0 Å². The molecule has 1 aliphatic rings. The van der Waals surface area contributed by atoms with Crippen molar-refractivity contribution in [2.75, 3.05) is 0 Å². The Hall–Kier alpha value is -0.530. The summed E-state index contributed by atoms with van der Waals surface area (Å²) in [4.78, 5) is 0. The van der Waals surface area contributed by atoms with Gasteiger partial charge < -0.3 is 4.74 Å². The highest BCUT2D eigenvalue weighted by molar-refractivity contribution is 5.69. The zero-order valence-corrected chi connectivity index (χ0v) is 6.52. The highest BCUT2D eigenvalue weighted by Gasteiger charge is 2.13. The van der Waals surface area contributed by atoms with Crippen LogP contribution in [-0.2, 0) is 4.74 Å². The Morgan fingerprint density at radius 3 is 2.40 bits per heavy atom. The first-order valence-electron chi connectivity index (χ1n) is 4.01. The Morgan fingerprint density at radius 2 is 1.90 bits per heavy atom. The number of rotatable bonds is 1. The molecule has 0 unspecified atom stereocenters. The van der Waals surface area contributed by atoms with Crippen molar-refractivity contribution < 1.29 is 4.74 Å². The molecule has 1 N–H and O–H groups in total. The molecule has 0 aromatic carbocycles. The van der Waals surface area contributed by atoms with Gasteiger partial charge in [-0.25, -0.2) is 0 Å². The van der Waals surface area contributed by atoms with Crippen molar-refractivity contribution in [3.05, 3.63) is 0 Å². The van der Waals surface area contributed by atoms with Crippen LogP contribution in [0.3, 0.4) is 0 Å². The first kappa shape index (κ1) is 7.58. The van der Waals surface area contributed by atoms with E-state index in [2.05, 4.69) is 0 Å². The van der Waals surface area contributed by atoms with Crippen molar-refractivity contribution in [2.45, 2.75) is 45.1 Å². The van der Waals surface area contributed by atoms with Crippen LogP contribution in [0.25, 0.3) is 0 Å². The van der Waals surface area contributed by atoms with Crippen LogP contribution in [0.5, 0.6) is 0 Å². The van der Waals surface area contributed by atoms with Crippen molar-refractivity contribution >= 4 is 5.90 Å². The highest BCUT2D eigenvalue weighted by atomic mass is 16.5. The van der Waals surface area contributed by atoms with E-state index in [1.807, 2.05) is 0 Å². The van der Waals surface area contributed by atoms with Gasteiger partial charge in [-0.3, -0.25) is 5.41 Å². The number of hydrogen-bond donors (Lipinski definition) is 1. The van der Waals surface area contributed by atoms with E-state index in [0.717, 1.165) is 12.8 Å². The van der Waals surface area contributed by atoms with Gasteiger partial charge >= 0.3 is 0 Å². The van der Waals surface area contributed by atoms with Crippen molar-refractivity contribution in [3.8, 4) is 0 Å². The van der Waals surface area contributed by atoms with Crippen molar-refractivity contribution in [1.82, 2.24) is 0 Å². The maximum absolute atomic E-state index is 7.11. The lowest BCUT2D eigenvalue weighted by atomic mass is 9.98. The molecule has 0 spiro atoms. The van der Waals surface area contributed by atoms with Crippen molar-refractivity contribution in [1.29, 1.82) is 5.41 Å². The van der Waals surface area contributed by atoms with Crippen LogP contribution < -0.4 is 0 Å². The van der Waals surface area contributed by atoms with Gasteiger partial charge in [-0.2, -0.15) is 0 Å². The van der Waals surface area contributed by atoms with Gasteiger partial charge in [-0.05, 0) is 25.7 Å². The van der Waals surface area contributed by atoms with Gasteiger partial charge in [-0.1, -0.05) is 6.42 Å². The first-order chi connectivity index (χ1) is 4.79. The fourth-order valence-corrected chi connectivity index (χ4v) is 1.43. The van der Waals surface area contributed by atoms with E-state index in [4.69, 9.17) is 10.1 Å². The van der Waals surface area contributed by atoms with E-state index < -0.39 is 0 Å². The minimum atomic E-state index is 0.353. The number of ether oxygens (including phenoxy) is 1. The minimum Gasteiger partial charge on any atom is -0.478 e. The lowest BCUT2D eigenvalue weighted by Crippen LogP contribution is -2.18. The summed E-state index contributed by atoms with van der Waals surface area (Å²) in [5, 5.41) is 7.11. The van der Waals surface area contributed by atoms with Crippen LogP contribution in [0, 0.1) is 5.41 Å². The van der Waals surface area contributed by atoms with Crippen LogP contribution in [0.15, 0.2) is 0 Å². The average Bonchev–Trinajstić information content (AvgIpc) is 1.88. The Labute approximate surface area is 62.1 Å². The van der Waals surface area contributed by atoms with Crippen LogP contribution in [0.2, 0.25) is 0 Å². The lowest BCUT2D eigenvalue weighted by Gasteiger charge is -2.21. The monoisotopic (exact) mass is 141 g/mol. The number of hydrogen-bond acceptors (Lipinski definition) is 2. The summed E-state index contributed by atoms with van der Waals surface area (Å²) >= 11 is 0. The second-order valence-electron chi connectivity index (χ2n) is 2.93. The second-order valence-corrected chi connectivity index (χ2v) is 2.93. The highest BCUT2D eigenvalue weighted by Crippen LogP contribution is 2.20. The van der Waals surface area contributed by atoms with Gasteiger partial charge in [0.2, 0.25) is 0 Å². The second kappa shape index (κ2) is 3.59. The molecule has 0 amide bonds. The largest absolute Gasteiger partial charge is 0.478 e. The Kier molecular flexibility index (Phi) is 2.72. The molecule has 0 saturated heterocycles. The van der Waals surface area contributed by atoms with Gasteiger partial charge in [0.1, 0.15) is 6.10 Å². The molecule has 1 saturated carbocycles. The summed E-state index contributed by atoms with van der Waals surface area (Å²) in [6.45, 7) is 1.70. The molecule has 0 bridgehead atoms. The molecule has 0 radical (unpaired) electrons. The third kappa shape index (κ3) is 2.38. The summed E-state index contributed by atoms with van der Waals surface area (Å²) in [6, 6.07) is 0. The molecular weight excluding hydrogens is 126 g/mol. The van der Waals surface area contributed by atoms with E-state index in [9.17, 15) is 0 Å². The molecule has 1 fully saturated rings. The molecule has 0 aromatic heterocycles. The van der Waals surface area contributed by atoms with Gasteiger partial charge in [-0.15, -0.1) is 0 Å². The third-order valence-electron chi connectivity index (χ3n) is 1.90. The zero-order chi connectivity index (χ0) is 7.40. The smallest absolute Gasteiger partial charge is 0.177 e. The molecule has 58 valence electrons. The van der Waals surface area contributed by atoms with Crippen LogP contribution in [0.4, 0.5) is 0 Å². The van der Waals surface area contributed by atoms with Crippen LogP contribution in [-0.4, -0.2) is 12.0 Å².